The van der Waals surface area contributed by atoms with Crippen LogP contribution in [0.1, 0.15) is 29.2 Å². The molecule has 0 amide bonds. The number of rotatable bonds is 3. The summed E-state index contributed by atoms with van der Waals surface area (Å²) in [6.07, 6.45) is 3.57. The summed E-state index contributed by atoms with van der Waals surface area (Å²) in [7, 11) is 2.90. The van der Waals surface area contributed by atoms with E-state index in [4.69, 9.17) is 4.74 Å². The summed E-state index contributed by atoms with van der Waals surface area (Å²) >= 11 is 0. The zero-order chi connectivity index (χ0) is 12.4. The lowest BCUT2D eigenvalue weighted by atomic mass is 9.88. The average molecular weight is 237 g/mol. The minimum atomic E-state index is -0.599. The summed E-state index contributed by atoms with van der Waals surface area (Å²) in [6, 6.07) is 3.18. The first-order valence-electron chi connectivity index (χ1n) is 5.51. The van der Waals surface area contributed by atoms with Gasteiger partial charge in [-0.1, -0.05) is 0 Å². The lowest BCUT2D eigenvalue weighted by molar-refractivity contribution is -0.0105. The van der Waals surface area contributed by atoms with Crippen LogP contribution in [0.25, 0.3) is 0 Å². The maximum absolute atomic E-state index is 12.1. The largest absolute Gasteiger partial charge is 0.465 e. The quantitative estimate of drug-likeness (QED) is 0.735. The van der Waals surface area contributed by atoms with Crippen molar-refractivity contribution in [2.24, 2.45) is 0 Å². The van der Waals surface area contributed by atoms with Crippen molar-refractivity contribution in [2.75, 3.05) is 14.2 Å². The molecule has 1 fully saturated rings. The maximum Gasteiger partial charge on any atom is 0.343 e. The highest BCUT2D eigenvalue weighted by Gasteiger charge is 2.33. The van der Waals surface area contributed by atoms with Crippen molar-refractivity contribution in [3.8, 4) is 0 Å². The highest BCUT2D eigenvalue weighted by atomic mass is 16.5. The first kappa shape index (κ1) is 11.9. The van der Waals surface area contributed by atoms with Gasteiger partial charge in [-0.25, -0.2) is 4.79 Å². The fraction of sp³-hybridized carbons (Fsp3) is 0.500. The Morgan fingerprint density at radius 2 is 2.18 bits per heavy atom. The number of hydrogen-bond donors (Lipinski definition) is 0. The second kappa shape index (κ2) is 4.71. The van der Waals surface area contributed by atoms with Crippen LogP contribution in [-0.2, 0) is 9.47 Å². The van der Waals surface area contributed by atoms with E-state index in [1.807, 2.05) is 0 Å². The van der Waals surface area contributed by atoms with Gasteiger partial charge in [-0.3, -0.25) is 4.79 Å². The number of pyridine rings is 1. The van der Waals surface area contributed by atoms with E-state index in [1.54, 1.807) is 23.9 Å². The molecular formula is C12H15NO4. The van der Waals surface area contributed by atoms with Gasteiger partial charge in [-0.15, -0.1) is 0 Å². The van der Waals surface area contributed by atoms with Gasteiger partial charge in [-0.2, -0.15) is 0 Å². The van der Waals surface area contributed by atoms with Crippen LogP contribution in [0.3, 0.4) is 0 Å². The molecular weight excluding hydrogens is 222 g/mol. The van der Waals surface area contributed by atoms with E-state index in [1.165, 1.54) is 13.2 Å². The van der Waals surface area contributed by atoms with Crippen LogP contribution in [0.4, 0.5) is 0 Å². The molecule has 0 N–H and O–H groups in total. The summed E-state index contributed by atoms with van der Waals surface area (Å²) in [4.78, 5) is 23.5. The number of nitrogens with zero attached hydrogens (tertiary/aromatic N) is 1. The number of carbonyl (C=O) groups excluding carboxylic acids is 1. The lowest BCUT2D eigenvalue weighted by Gasteiger charge is -2.36. The number of esters is 1. The van der Waals surface area contributed by atoms with Gasteiger partial charge in [0, 0.05) is 13.3 Å². The van der Waals surface area contributed by atoms with Gasteiger partial charge >= 0.3 is 5.97 Å². The van der Waals surface area contributed by atoms with E-state index < -0.39 is 5.97 Å². The van der Waals surface area contributed by atoms with Gasteiger partial charge in [0.25, 0.3) is 5.56 Å². The van der Waals surface area contributed by atoms with E-state index in [0.717, 1.165) is 12.8 Å². The third kappa shape index (κ3) is 1.98. The molecule has 1 heterocycles. The van der Waals surface area contributed by atoms with Gasteiger partial charge < -0.3 is 14.0 Å². The number of ether oxygens (including phenoxy) is 2. The number of hydrogen-bond acceptors (Lipinski definition) is 4. The Kier molecular flexibility index (Phi) is 3.28. The molecule has 0 aromatic carbocycles. The minimum Gasteiger partial charge on any atom is -0.465 e. The zero-order valence-electron chi connectivity index (χ0n) is 9.88. The molecule has 1 saturated carbocycles. The van der Waals surface area contributed by atoms with Crippen LogP contribution in [0.2, 0.25) is 0 Å². The highest BCUT2D eigenvalue weighted by molar-refractivity contribution is 5.88. The molecule has 0 saturated heterocycles. The summed E-state index contributed by atoms with van der Waals surface area (Å²) in [6.45, 7) is 0. The van der Waals surface area contributed by atoms with Gasteiger partial charge in [0.2, 0.25) is 0 Å². The molecule has 2 atom stereocenters. The van der Waals surface area contributed by atoms with Crippen LogP contribution >= 0.6 is 0 Å². The van der Waals surface area contributed by atoms with E-state index in [-0.39, 0.29) is 23.3 Å². The first-order chi connectivity index (χ1) is 8.19. The smallest absolute Gasteiger partial charge is 0.343 e. The Labute approximate surface area is 99.0 Å². The van der Waals surface area contributed by atoms with Crippen LogP contribution in [-0.4, -0.2) is 30.9 Å². The molecule has 1 aromatic rings. The van der Waals surface area contributed by atoms with Gasteiger partial charge in [-0.05, 0) is 25.0 Å². The average Bonchev–Trinajstić information content (AvgIpc) is 2.30. The summed E-state index contributed by atoms with van der Waals surface area (Å²) in [5.41, 5.74) is -0.247. The standard InChI is InChI=1S/C12H15NO4/c1-16-10-6-5-9(10)13-7-3-4-8(11(13)14)12(15)17-2/h3-4,7,9-10H,5-6H2,1-2H3/t9?,10-/m0/s1. The van der Waals surface area contributed by atoms with Crippen molar-refractivity contribution >= 4 is 5.97 Å². The van der Waals surface area contributed by atoms with Crippen molar-refractivity contribution in [2.45, 2.75) is 25.0 Å². The Balaban J connectivity index is 2.36. The molecule has 92 valence electrons. The van der Waals surface area contributed by atoms with Crippen molar-refractivity contribution in [1.82, 2.24) is 4.57 Å². The predicted molar refractivity (Wildman–Crippen MR) is 61.1 cm³/mol. The molecule has 1 aliphatic carbocycles. The third-order valence-electron chi connectivity index (χ3n) is 3.22. The van der Waals surface area contributed by atoms with Crippen molar-refractivity contribution in [3.05, 3.63) is 34.2 Å². The topological polar surface area (TPSA) is 57.5 Å². The molecule has 1 aromatic heterocycles. The van der Waals surface area contributed by atoms with E-state index >= 15 is 0 Å². The third-order valence-corrected chi connectivity index (χ3v) is 3.22. The van der Waals surface area contributed by atoms with Crippen molar-refractivity contribution < 1.29 is 14.3 Å². The van der Waals surface area contributed by atoms with Crippen LogP contribution in [0, 0.1) is 0 Å². The molecule has 17 heavy (non-hydrogen) atoms. The van der Waals surface area contributed by atoms with Gasteiger partial charge in [0.05, 0.1) is 19.3 Å². The van der Waals surface area contributed by atoms with Gasteiger partial charge in [0.1, 0.15) is 5.56 Å². The summed E-state index contributed by atoms with van der Waals surface area (Å²) < 4.78 is 11.4. The molecule has 5 nitrogen and oxygen atoms in total. The zero-order valence-corrected chi connectivity index (χ0v) is 9.88. The Hall–Kier alpha value is -1.62. The molecule has 2 rings (SSSR count). The van der Waals surface area contributed by atoms with Crippen LogP contribution in [0.5, 0.6) is 0 Å². The molecule has 0 spiro atoms. The molecule has 0 bridgehead atoms. The molecule has 0 radical (unpaired) electrons. The van der Waals surface area contributed by atoms with E-state index in [9.17, 15) is 9.59 Å². The number of carbonyl (C=O) groups is 1. The van der Waals surface area contributed by atoms with Crippen LogP contribution in [0.15, 0.2) is 23.1 Å². The Morgan fingerprint density at radius 1 is 1.41 bits per heavy atom. The fourth-order valence-corrected chi connectivity index (χ4v) is 2.08. The number of methoxy groups -OCH3 is 2. The van der Waals surface area contributed by atoms with E-state index in [2.05, 4.69) is 4.74 Å². The molecule has 0 aliphatic heterocycles. The molecule has 5 heteroatoms. The Bertz CT molecular complexity index is 478. The fourth-order valence-electron chi connectivity index (χ4n) is 2.08. The molecule has 1 unspecified atom stereocenters. The van der Waals surface area contributed by atoms with Crippen molar-refractivity contribution in [1.29, 1.82) is 0 Å². The normalized spacial score (nSPS) is 22.9. The first-order valence-corrected chi connectivity index (χ1v) is 5.51. The SMILES string of the molecule is COC(=O)c1cccn(C2CC[C@@H]2OC)c1=O. The minimum absolute atomic E-state index is 0.0251. The second-order valence-corrected chi connectivity index (χ2v) is 4.04. The van der Waals surface area contributed by atoms with Crippen molar-refractivity contribution in [3.63, 3.8) is 0 Å². The lowest BCUT2D eigenvalue weighted by Crippen LogP contribution is -2.41. The Morgan fingerprint density at radius 3 is 2.71 bits per heavy atom. The second-order valence-electron chi connectivity index (χ2n) is 4.04. The van der Waals surface area contributed by atoms with E-state index in [0.29, 0.717) is 0 Å². The van der Waals surface area contributed by atoms with Gasteiger partial charge in [0.15, 0.2) is 0 Å². The number of aromatic nitrogens is 1. The summed E-state index contributed by atoms with van der Waals surface area (Å²) in [5.74, 6) is -0.599. The summed E-state index contributed by atoms with van der Waals surface area (Å²) in [5, 5.41) is 0. The predicted octanol–water partition coefficient (Wildman–Crippen LogP) is 0.985. The monoisotopic (exact) mass is 237 g/mol. The molecule has 1 aliphatic rings. The van der Waals surface area contributed by atoms with Crippen LogP contribution < -0.4 is 5.56 Å². The highest BCUT2D eigenvalue weighted by Crippen LogP contribution is 2.33. The maximum atomic E-state index is 12.1.